The van der Waals surface area contributed by atoms with E-state index < -0.39 is 0 Å². The molecule has 1 fully saturated rings. The predicted molar refractivity (Wildman–Crippen MR) is 115 cm³/mol. The molecule has 0 atom stereocenters. The molecule has 1 saturated heterocycles. The van der Waals surface area contributed by atoms with Gasteiger partial charge in [-0.25, -0.2) is 19.3 Å². The zero-order valence-electron chi connectivity index (χ0n) is 16.5. The van der Waals surface area contributed by atoms with Gasteiger partial charge in [-0.15, -0.1) is 0 Å². The van der Waals surface area contributed by atoms with Crippen LogP contribution in [-0.4, -0.2) is 52.9 Å². The lowest BCUT2D eigenvalue weighted by Gasteiger charge is -2.28. The van der Waals surface area contributed by atoms with Crippen molar-refractivity contribution in [3.05, 3.63) is 65.2 Å². The number of rotatable bonds is 4. The number of nitrogens with one attached hydrogen (secondary N) is 1. The van der Waals surface area contributed by atoms with Crippen molar-refractivity contribution in [2.75, 3.05) is 38.3 Å². The maximum Gasteiger partial charge on any atom is 0.333 e. The van der Waals surface area contributed by atoms with Gasteiger partial charge in [-0.1, -0.05) is 12.1 Å². The summed E-state index contributed by atoms with van der Waals surface area (Å²) in [7, 11) is 1.62. The Morgan fingerprint density at radius 1 is 1.07 bits per heavy atom. The lowest BCUT2D eigenvalue weighted by atomic mass is 10.1. The summed E-state index contributed by atoms with van der Waals surface area (Å²) in [5.41, 5.74) is 4.05. The second kappa shape index (κ2) is 7.64. The van der Waals surface area contributed by atoms with Gasteiger partial charge in [0.2, 0.25) is 0 Å². The predicted octanol–water partition coefficient (Wildman–Crippen LogP) is 2.62. The summed E-state index contributed by atoms with van der Waals surface area (Å²) in [5, 5.41) is 0. The lowest BCUT2D eigenvalue weighted by Crippen LogP contribution is -2.36. The lowest BCUT2D eigenvalue weighted by molar-refractivity contribution is 0.122. The van der Waals surface area contributed by atoms with Crippen LogP contribution in [0, 0.1) is 0 Å². The number of morpholine rings is 1. The van der Waals surface area contributed by atoms with Gasteiger partial charge >= 0.3 is 5.69 Å². The monoisotopic (exact) mass is 403 g/mol. The van der Waals surface area contributed by atoms with Gasteiger partial charge in [0.05, 0.1) is 37.9 Å². The molecule has 0 radical (unpaired) electrons. The van der Waals surface area contributed by atoms with Gasteiger partial charge in [-0.3, -0.25) is 4.98 Å². The van der Waals surface area contributed by atoms with Crippen LogP contribution in [-0.2, 0) is 4.74 Å². The van der Waals surface area contributed by atoms with Crippen molar-refractivity contribution in [2.45, 2.75) is 0 Å². The zero-order valence-corrected chi connectivity index (χ0v) is 16.5. The molecule has 1 aliphatic heterocycles. The molecule has 1 N–H and O–H groups in total. The number of aromatic nitrogens is 4. The van der Waals surface area contributed by atoms with Crippen LogP contribution in [0.5, 0.6) is 5.75 Å². The van der Waals surface area contributed by atoms with E-state index in [1.54, 1.807) is 17.9 Å². The van der Waals surface area contributed by atoms with Crippen molar-refractivity contribution in [3.63, 3.8) is 0 Å². The molecule has 1 aliphatic rings. The molecule has 2 aromatic heterocycles. The fraction of sp³-hybridized carbons (Fsp3) is 0.227. The Hall–Kier alpha value is -3.65. The smallest absolute Gasteiger partial charge is 0.333 e. The van der Waals surface area contributed by atoms with E-state index in [2.05, 4.69) is 19.9 Å². The van der Waals surface area contributed by atoms with Gasteiger partial charge < -0.3 is 14.4 Å². The highest BCUT2D eigenvalue weighted by Crippen LogP contribution is 2.24. The average molecular weight is 403 g/mol. The fourth-order valence-corrected chi connectivity index (χ4v) is 3.68. The van der Waals surface area contributed by atoms with Gasteiger partial charge in [0.1, 0.15) is 5.75 Å². The van der Waals surface area contributed by atoms with Crippen molar-refractivity contribution < 1.29 is 9.47 Å². The van der Waals surface area contributed by atoms with Crippen LogP contribution in [0.25, 0.3) is 28.2 Å². The topological polar surface area (TPSA) is 85.3 Å². The van der Waals surface area contributed by atoms with Crippen LogP contribution in [0.15, 0.2) is 59.5 Å². The number of benzene rings is 2. The van der Waals surface area contributed by atoms with E-state index in [0.29, 0.717) is 17.0 Å². The Morgan fingerprint density at radius 2 is 1.83 bits per heavy atom. The highest BCUT2D eigenvalue weighted by molar-refractivity contribution is 5.73. The first-order chi connectivity index (χ1) is 14.7. The van der Waals surface area contributed by atoms with Crippen molar-refractivity contribution in [3.8, 4) is 22.7 Å². The highest BCUT2D eigenvalue weighted by Gasteiger charge is 2.15. The maximum atomic E-state index is 12.7. The molecule has 0 bridgehead atoms. The summed E-state index contributed by atoms with van der Waals surface area (Å²) < 4.78 is 12.2. The van der Waals surface area contributed by atoms with E-state index in [9.17, 15) is 4.79 Å². The molecule has 3 heterocycles. The summed E-state index contributed by atoms with van der Waals surface area (Å²) >= 11 is 0. The molecular formula is C22H21N5O3. The normalized spacial score (nSPS) is 14.2. The molecule has 2 aromatic carbocycles. The van der Waals surface area contributed by atoms with Gasteiger partial charge in [0, 0.05) is 24.3 Å². The van der Waals surface area contributed by atoms with Crippen LogP contribution >= 0.6 is 0 Å². The standard InChI is InChI=1S/C22H21N5O3/c1-29-18-4-2-3-15(13-18)19-14-23-21-20(24-19)25-22(28)27(21)17-7-5-16(6-8-17)26-9-11-30-12-10-26/h2-8,13-14H,9-12H2,1H3,(H,24,25,28). The Balaban J connectivity index is 1.50. The third kappa shape index (κ3) is 3.31. The first kappa shape index (κ1) is 18.4. The number of aromatic amines is 1. The van der Waals surface area contributed by atoms with Gasteiger partial charge in [0.15, 0.2) is 11.3 Å². The second-order valence-corrected chi connectivity index (χ2v) is 7.04. The van der Waals surface area contributed by atoms with Crippen molar-refractivity contribution in [1.82, 2.24) is 19.5 Å². The number of H-pyrrole nitrogens is 1. The van der Waals surface area contributed by atoms with E-state index in [4.69, 9.17) is 9.47 Å². The molecule has 0 saturated carbocycles. The number of ether oxygens (including phenoxy) is 2. The first-order valence-electron chi connectivity index (χ1n) is 9.78. The van der Waals surface area contributed by atoms with E-state index in [1.165, 1.54) is 0 Å². The quantitative estimate of drug-likeness (QED) is 0.564. The second-order valence-electron chi connectivity index (χ2n) is 7.04. The third-order valence-electron chi connectivity index (χ3n) is 5.24. The van der Waals surface area contributed by atoms with Crippen molar-refractivity contribution in [2.24, 2.45) is 0 Å². The molecular weight excluding hydrogens is 382 g/mol. The zero-order chi connectivity index (χ0) is 20.5. The van der Waals surface area contributed by atoms with E-state index in [1.807, 2.05) is 48.5 Å². The Labute approximate surface area is 172 Å². The SMILES string of the molecule is COc1cccc(-c2cnc3c(n2)[nH]c(=O)n3-c2ccc(N3CCOCC3)cc2)c1. The Morgan fingerprint density at radius 3 is 2.60 bits per heavy atom. The van der Waals surface area contributed by atoms with E-state index in [-0.39, 0.29) is 5.69 Å². The molecule has 4 aromatic rings. The third-order valence-corrected chi connectivity index (χ3v) is 5.24. The Kier molecular flexibility index (Phi) is 4.68. The summed E-state index contributed by atoms with van der Waals surface area (Å²) in [6.07, 6.45) is 1.67. The average Bonchev–Trinajstić information content (AvgIpc) is 3.14. The number of fused-ring (bicyclic) bond motifs is 1. The minimum Gasteiger partial charge on any atom is -0.497 e. The number of anilines is 1. The van der Waals surface area contributed by atoms with Crippen LogP contribution < -0.4 is 15.3 Å². The van der Waals surface area contributed by atoms with Crippen LogP contribution in [0.2, 0.25) is 0 Å². The van der Waals surface area contributed by atoms with E-state index in [0.717, 1.165) is 49.0 Å². The minimum absolute atomic E-state index is 0.271. The minimum atomic E-state index is -0.271. The summed E-state index contributed by atoms with van der Waals surface area (Å²) in [4.78, 5) is 26.9. The molecule has 152 valence electrons. The Bertz CT molecular complexity index is 1240. The van der Waals surface area contributed by atoms with Crippen molar-refractivity contribution >= 4 is 17.0 Å². The fourth-order valence-electron chi connectivity index (χ4n) is 3.68. The maximum absolute atomic E-state index is 12.7. The molecule has 8 heteroatoms. The van der Waals surface area contributed by atoms with Gasteiger partial charge in [-0.05, 0) is 36.4 Å². The van der Waals surface area contributed by atoms with E-state index >= 15 is 0 Å². The van der Waals surface area contributed by atoms with Crippen molar-refractivity contribution in [1.29, 1.82) is 0 Å². The molecule has 0 aliphatic carbocycles. The summed E-state index contributed by atoms with van der Waals surface area (Å²) in [6, 6.07) is 15.5. The van der Waals surface area contributed by atoms with Crippen LogP contribution in [0.4, 0.5) is 5.69 Å². The van der Waals surface area contributed by atoms with Gasteiger partial charge in [0.25, 0.3) is 0 Å². The van der Waals surface area contributed by atoms with Crippen LogP contribution in [0.3, 0.4) is 0 Å². The number of imidazole rings is 1. The molecule has 0 spiro atoms. The largest absolute Gasteiger partial charge is 0.497 e. The molecule has 0 amide bonds. The molecule has 30 heavy (non-hydrogen) atoms. The van der Waals surface area contributed by atoms with Gasteiger partial charge in [-0.2, -0.15) is 0 Å². The summed E-state index contributed by atoms with van der Waals surface area (Å²) in [5.74, 6) is 0.737. The molecule has 0 unspecified atom stereocenters. The number of methoxy groups -OCH3 is 1. The highest BCUT2D eigenvalue weighted by atomic mass is 16.5. The first-order valence-corrected chi connectivity index (χ1v) is 9.78. The molecule has 8 nitrogen and oxygen atoms in total. The number of hydrogen-bond donors (Lipinski definition) is 1. The van der Waals surface area contributed by atoms with Crippen LogP contribution in [0.1, 0.15) is 0 Å². The summed E-state index contributed by atoms with van der Waals surface area (Å²) in [6.45, 7) is 3.19. The number of hydrogen-bond acceptors (Lipinski definition) is 6. The number of nitrogens with zero attached hydrogens (tertiary/aromatic N) is 4. The molecule has 5 rings (SSSR count).